The van der Waals surface area contributed by atoms with Gasteiger partial charge in [0.05, 0.1) is 12.0 Å². The molecule has 0 saturated heterocycles. The van der Waals surface area contributed by atoms with Gasteiger partial charge in [-0.15, -0.1) is 0 Å². The van der Waals surface area contributed by atoms with Gasteiger partial charge in [0.15, 0.2) is 0 Å². The lowest BCUT2D eigenvalue weighted by Gasteiger charge is -2.31. The van der Waals surface area contributed by atoms with Crippen LogP contribution in [-0.2, 0) is 9.53 Å². The van der Waals surface area contributed by atoms with Gasteiger partial charge in [-0.3, -0.25) is 4.79 Å². The number of carbonyl (C=O) groups excluding carboxylic acids is 1. The predicted octanol–water partition coefficient (Wildman–Crippen LogP) is 9.79. The quantitative estimate of drug-likeness (QED) is 0.120. The molecule has 1 atom stereocenters. The molecule has 0 fully saturated rings. The van der Waals surface area contributed by atoms with E-state index < -0.39 is 0 Å². The molecule has 0 aliphatic rings. The van der Waals surface area contributed by atoms with Gasteiger partial charge < -0.3 is 4.74 Å². The molecule has 0 aliphatic heterocycles. The Morgan fingerprint density at radius 3 is 1.30 bits per heavy atom. The predicted molar refractivity (Wildman–Crippen MR) is 133 cm³/mol. The number of unbranched alkanes of at least 4 members (excludes halogenated alkanes) is 15. The molecule has 2 heteroatoms. The highest BCUT2D eigenvalue weighted by atomic mass is 16.5. The molecule has 0 aromatic rings. The van der Waals surface area contributed by atoms with Crippen LogP contribution >= 0.6 is 0 Å². The highest BCUT2D eigenvalue weighted by Gasteiger charge is 2.36. The molecular formula is C28H56O2. The van der Waals surface area contributed by atoms with Gasteiger partial charge >= 0.3 is 5.97 Å². The number of rotatable bonds is 23. The highest BCUT2D eigenvalue weighted by molar-refractivity contribution is 5.76. The standard InChI is InChI=1S/C28H56O2/c1-5-9-12-14-15-16-17-18-19-20-21-23-25-28(8-4,24-22-13-10-6-2)27(29)30-26-11-7-3/h5-26H2,1-4H3. The summed E-state index contributed by atoms with van der Waals surface area (Å²) in [6.07, 6.45) is 26.4. The fourth-order valence-corrected chi connectivity index (χ4v) is 4.48. The van der Waals surface area contributed by atoms with Crippen LogP contribution in [0.5, 0.6) is 0 Å². The summed E-state index contributed by atoms with van der Waals surface area (Å²) in [6.45, 7) is 9.48. The minimum Gasteiger partial charge on any atom is -0.465 e. The lowest BCUT2D eigenvalue weighted by Crippen LogP contribution is -2.33. The Morgan fingerprint density at radius 2 is 0.900 bits per heavy atom. The second kappa shape index (κ2) is 21.7. The SMILES string of the molecule is CCCCCCCCCCCCCCC(CC)(CCCCCC)C(=O)OCCCC. The van der Waals surface area contributed by atoms with E-state index in [0.29, 0.717) is 6.61 Å². The van der Waals surface area contributed by atoms with Crippen LogP contribution in [0.1, 0.15) is 163 Å². The third-order valence-corrected chi connectivity index (χ3v) is 6.86. The zero-order valence-electron chi connectivity index (χ0n) is 21.4. The monoisotopic (exact) mass is 424 g/mol. The third kappa shape index (κ3) is 15.3. The molecule has 0 heterocycles. The number of ether oxygens (including phenoxy) is 1. The van der Waals surface area contributed by atoms with E-state index in [2.05, 4.69) is 27.7 Å². The van der Waals surface area contributed by atoms with Gasteiger partial charge in [0.1, 0.15) is 0 Å². The van der Waals surface area contributed by atoms with Crippen molar-refractivity contribution in [3.63, 3.8) is 0 Å². The fourth-order valence-electron chi connectivity index (χ4n) is 4.48. The number of esters is 1. The van der Waals surface area contributed by atoms with E-state index in [9.17, 15) is 4.79 Å². The Kier molecular flexibility index (Phi) is 21.3. The van der Waals surface area contributed by atoms with Gasteiger partial charge in [0, 0.05) is 0 Å². The largest absolute Gasteiger partial charge is 0.465 e. The summed E-state index contributed by atoms with van der Waals surface area (Å²) in [5.74, 6) is 0.0954. The summed E-state index contributed by atoms with van der Waals surface area (Å²) in [4.78, 5) is 12.9. The van der Waals surface area contributed by atoms with Gasteiger partial charge in [0.2, 0.25) is 0 Å². The van der Waals surface area contributed by atoms with Crippen molar-refractivity contribution < 1.29 is 9.53 Å². The molecule has 0 rings (SSSR count). The van der Waals surface area contributed by atoms with E-state index in [4.69, 9.17) is 4.74 Å². The smallest absolute Gasteiger partial charge is 0.312 e. The van der Waals surface area contributed by atoms with Crippen molar-refractivity contribution in [3.8, 4) is 0 Å². The first kappa shape index (κ1) is 29.5. The molecule has 0 amide bonds. The van der Waals surface area contributed by atoms with Gasteiger partial charge in [0.25, 0.3) is 0 Å². The molecule has 0 spiro atoms. The molecule has 0 aliphatic carbocycles. The molecule has 2 nitrogen and oxygen atoms in total. The van der Waals surface area contributed by atoms with Crippen molar-refractivity contribution >= 4 is 5.97 Å². The number of hydrogen-bond donors (Lipinski definition) is 0. The normalized spacial score (nSPS) is 13.3. The number of carbonyl (C=O) groups is 1. The maximum atomic E-state index is 12.9. The average Bonchev–Trinajstić information content (AvgIpc) is 2.76. The van der Waals surface area contributed by atoms with Crippen molar-refractivity contribution in [2.24, 2.45) is 5.41 Å². The van der Waals surface area contributed by atoms with Crippen molar-refractivity contribution in [2.45, 2.75) is 163 Å². The van der Waals surface area contributed by atoms with Gasteiger partial charge in [-0.1, -0.05) is 137 Å². The molecule has 0 bridgehead atoms. The van der Waals surface area contributed by atoms with Crippen LogP contribution in [0, 0.1) is 5.41 Å². The Labute approximate surface area is 190 Å². The van der Waals surface area contributed by atoms with Crippen LogP contribution in [0.4, 0.5) is 0 Å². The van der Waals surface area contributed by atoms with Crippen molar-refractivity contribution in [2.75, 3.05) is 6.61 Å². The Balaban J connectivity index is 4.13. The summed E-state index contributed by atoms with van der Waals surface area (Å²) in [5, 5.41) is 0. The molecule has 0 aromatic heterocycles. The molecule has 0 radical (unpaired) electrons. The van der Waals surface area contributed by atoms with E-state index in [-0.39, 0.29) is 11.4 Å². The minimum absolute atomic E-state index is 0.0954. The van der Waals surface area contributed by atoms with E-state index in [0.717, 1.165) is 32.1 Å². The van der Waals surface area contributed by atoms with Crippen molar-refractivity contribution in [1.82, 2.24) is 0 Å². The third-order valence-electron chi connectivity index (χ3n) is 6.86. The van der Waals surface area contributed by atoms with Crippen molar-refractivity contribution in [3.05, 3.63) is 0 Å². The highest BCUT2D eigenvalue weighted by Crippen LogP contribution is 2.37. The Bertz CT molecular complexity index is 366. The molecule has 0 N–H and O–H groups in total. The van der Waals surface area contributed by atoms with E-state index in [1.165, 1.54) is 103 Å². The molecular weight excluding hydrogens is 368 g/mol. The van der Waals surface area contributed by atoms with Gasteiger partial charge in [-0.25, -0.2) is 0 Å². The molecule has 180 valence electrons. The van der Waals surface area contributed by atoms with E-state index in [1.807, 2.05) is 0 Å². The maximum absolute atomic E-state index is 12.9. The van der Waals surface area contributed by atoms with Crippen LogP contribution in [0.2, 0.25) is 0 Å². The lowest BCUT2D eigenvalue weighted by molar-refractivity contribution is -0.157. The molecule has 0 aromatic carbocycles. The van der Waals surface area contributed by atoms with Gasteiger partial charge in [-0.05, 0) is 25.7 Å². The Morgan fingerprint density at radius 1 is 0.533 bits per heavy atom. The zero-order valence-corrected chi connectivity index (χ0v) is 21.4. The molecule has 30 heavy (non-hydrogen) atoms. The average molecular weight is 425 g/mol. The lowest BCUT2D eigenvalue weighted by atomic mass is 9.75. The van der Waals surface area contributed by atoms with E-state index >= 15 is 0 Å². The van der Waals surface area contributed by atoms with Crippen LogP contribution in [0.15, 0.2) is 0 Å². The van der Waals surface area contributed by atoms with E-state index in [1.54, 1.807) is 0 Å². The molecule has 0 saturated carbocycles. The number of hydrogen-bond acceptors (Lipinski definition) is 2. The summed E-state index contributed by atoms with van der Waals surface area (Å²) in [5.41, 5.74) is -0.222. The summed E-state index contributed by atoms with van der Waals surface area (Å²) < 4.78 is 5.71. The van der Waals surface area contributed by atoms with Crippen molar-refractivity contribution in [1.29, 1.82) is 0 Å². The first-order chi connectivity index (χ1) is 14.7. The summed E-state index contributed by atoms with van der Waals surface area (Å²) in [6, 6.07) is 0. The molecule has 1 unspecified atom stereocenters. The van der Waals surface area contributed by atoms with Crippen LogP contribution < -0.4 is 0 Å². The second-order valence-corrected chi connectivity index (χ2v) is 9.57. The van der Waals surface area contributed by atoms with Gasteiger partial charge in [-0.2, -0.15) is 0 Å². The second-order valence-electron chi connectivity index (χ2n) is 9.57. The Hall–Kier alpha value is -0.530. The fraction of sp³-hybridized carbons (Fsp3) is 0.964. The van der Waals surface area contributed by atoms with Crippen LogP contribution in [-0.4, -0.2) is 12.6 Å². The first-order valence-corrected chi connectivity index (χ1v) is 13.8. The van der Waals surface area contributed by atoms with Crippen LogP contribution in [0.25, 0.3) is 0 Å². The summed E-state index contributed by atoms with van der Waals surface area (Å²) >= 11 is 0. The maximum Gasteiger partial charge on any atom is 0.312 e. The zero-order chi connectivity index (χ0) is 22.3. The minimum atomic E-state index is -0.222. The van der Waals surface area contributed by atoms with Crippen LogP contribution in [0.3, 0.4) is 0 Å². The topological polar surface area (TPSA) is 26.3 Å². The first-order valence-electron chi connectivity index (χ1n) is 13.8. The summed E-state index contributed by atoms with van der Waals surface area (Å²) in [7, 11) is 0.